The number of nitrogens with zero attached hydrogens (tertiary/aromatic N) is 2. The van der Waals surface area contributed by atoms with Crippen LogP contribution in [0, 0.1) is 0 Å². The van der Waals surface area contributed by atoms with Gasteiger partial charge in [0.25, 0.3) is 10.1 Å². The van der Waals surface area contributed by atoms with Gasteiger partial charge in [-0.15, -0.1) is 11.3 Å². The summed E-state index contributed by atoms with van der Waals surface area (Å²) < 4.78 is 33.6. The molecule has 5 nitrogen and oxygen atoms in total. The SMILES string of the molecule is CCCc1ccc2sc3c/c(=N\c4ccccc4S(=O)(=O)O)ccc-3nc2c1. The average Bonchev–Trinajstić information content (AvgIpc) is 2.66. The van der Waals surface area contributed by atoms with Crippen molar-refractivity contribution in [2.45, 2.75) is 24.7 Å². The Morgan fingerprint density at radius 2 is 1.89 bits per heavy atom. The maximum atomic E-state index is 11.6. The van der Waals surface area contributed by atoms with E-state index in [4.69, 9.17) is 4.98 Å². The monoisotopic (exact) mass is 410 g/mol. The van der Waals surface area contributed by atoms with Crippen molar-refractivity contribution in [2.75, 3.05) is 0 Å². The fraction of sp³-hybridized carbons (Fsp3) is 0.143. The Hall–Kier alpha value is -2.61. The van der Waals surface area contributed by atoms with Crippen LogP contribution in [0.25, 0.3) is 20.8 Å². The molecule has 2 aliphatic rings. The number of para-hydroxylation sites is 1. The molecule has 0 saturated carbocycles. The first-order valence-electron chi connectivity index (χ1n) is 8.89. The standard InChI is InChI=1S/C21H18N2O3S2/c1-2-5-14-8-11-19-18(12-14)23-16-10-9-15(13-20(16)27-19)22-17-6-3-4-7-21(17)28(24,25)26/h3-4,6-13H,2,5H2,1H3,(H,24,25,26)/b22-15-. The zero-order valence-corrected chi connectivity index (χ0v) is 16.8. The third kappa shape index (κ3) is 3.82. The number of fused-ring (bicyclic) bond motifs is 2. The lowest BCUT2D eigenvalue weighted by Crippen LogP contribution is -2.03. The molecule has 1 aliphatic heterocycles. The van der Waals surface area contributed by atoms with Gasteiger partial charge in [-0.25, -0.2) is 9.98 Å². The summed E-state index contributed by atoms with van der Waals surface area (Å²) in [7, 11) is -4.34. The highest BCUT2D eigenvalue weighted by Gasteiger charge is 2.14. The van der Waals surface area contributed by atoms with E-state index in [1.165, 1.54) is 11.6 Å². The van der Waals surface area contributed by atoms with Crippen molar-refractivity contribution in [3.8, 4) is 10.6 Å². The summed E-state index contributed by atoms with van der Waals surface area (Å²) in [4.78, 5) is 9.92. The van der Waals surface area contributed by atoms with Gasteiger partial charge in [0, 0.05) is 0 Å². The minimum atomic E-state index is -4.34. The fourth-order valence-electron chi connectivity index (χ4n) is 3.08. The summed E-state index contributed by atoms with van der Waals surface area (Å²) in [6.07, 6.45) is 2.13. The van der Waals surface area contributed by atoms with E-state index in [0.29, 0.717) is 5.36 Å². The molecule has 7 heteroatoms. The minimum absolute atomic E-state index is 0.201. The van der Waals surface area contributed by atoms with Gasteiger partial charge in [-0.3, -0.25) is 4.55 Å². The van der Waals surface area contributed by atoms with E-state index in [1.807, 2.05) is 12.1 Å². The van der Waals surface area contributed by atoms with Crippen molar-refractivity contribution in [2.24, 2.45) is 4.99 Å². The Morgan fingerprint density at radius 1 is 1.07 bits per heavy atom. The van der Waals surface area contributed by atoms with E-state index in [0.717, 1.165) is 33.6 Å². The molecule has 0 amide bonds. The quantitative estimate of drug-likeness (QED) is 0.386. The van der Waals surface area contributed by atoms with E-state index in [1.54, 1.807) is 35.6 Å². The maximum absolute atomic E-state index is 11.6. The molecule has 0 atom stereocenters. The molecule has 0 bridgehead atoms. The molecule has 28 heavy (non-hydrogen) atoms. The van der Waals surface area contributed by atoms with Crippen LogP contribution in [0.15, 0.2) is 70.6 Å². The smallest absolute Gasteiger partial charge is 0.282 e. The molecule has 1 N–H and O–H groups in total. The lowest BCUT2D eigenvalue weighted by atomic mass is 10.1. The second kappa shape index (κ2) is 7.43. The number of hydrogen-bond acceptors (Lipinski definition) is 5. The van der Waals surface area contributed by atoms with Gasteiger partial charge < -0.3 is 0 Å². The van der Waals surface area contributed by atoms with Crippen molar-refractivity contribution in [3.63, 3.8) is 0 Å². The Labute approximate surface area is 167 Å². The van der Waals surface area contributed by atoms with Crippen molar-refractivity contribution in [1.82, 2.24) is 4.98 Å². The van der Waals surface area contributed by atoms with Gasteiger partial charge >= 0.3 is 0 Å². The first kappa shape index (κ1) is 18.7. The second-order valence-corrected chi connectivity index (χ2v) is 8.95. The predicted molar refractivity (Wildman–Crippen MR) is 112 cm³/mol. The summed E-state index contributed by atoms with van der Waals surface area (Å²) in [5.41, 5.74) is 3.33. The highest BCUT2D eigenvalue weighted by molar-refractivity contribution is 7.86. The van der Waals surface area contributed by atoms with E-state index in [-0.39, 0.29) is 10.6 Å². The van der Waals surface area contributed by atoms with Gasteiger partial charge in [-0.1, -0.05) is 31.5 Å². The van der Waals surface area contributed by atoms with Crippen molar-refractivity contribution in [3.05, 3.63) is 71.6 Å². The van der Waals surface area contributed by atoms with E-state index < -0.39 is 10.1 Å². The first-order valence-corrected chi connectivity index (χ1v) is 11.1. The van der Waals surface area contributed by atoms with Crippen LogP contribution in [0.4, 0.5) is 5.69 Å². The predicted octanol–water partition coefficient (Wildman–Crippen LogP) is 4.83. The summed E-state index contributed by atoms with van der Waals surface area (Å²) in [6.45, 7) is 2.16. The van der Waals surface area contributed by atoms with Crippen LogP contribution in [-0.2, 0) is 16.5 Å². The molecule has 0 fully saturated rings. The highest BCUT2D eigenvalue weighted by atomic mass is 32.2. The van der Waals surface area contributed by atoms with Crippen LogP contribution >= 0.6 is 11.3 Å². The number of hydrogen-bond donors (Lipinski definition) is 1. The summed E-state index contributed by atoms with van der Waals surface area (Å²) >= 11 is 1.62. The van der Waals surface area contributed by atoms with Crippen LogP contribution < -0.4 is 5.36 Å². The topological polar surface area (TPSA) is 79.6 Å². The average molecular weight is 411 g/mol. The maximum Gasteiger partial charge on any atom is 0.296 e. The van der Waals surface area contributed by atoms with Crippen LogP contribution in [0.3, 0.4) is 0 Å². The van der Waals surface area contributed by atoms with E-state index in [9.17, 15) is 13.0 Å². The van der Waals surface area contributed by atoms with Gasteiger partial charge in [-0.2, -0.15) is 8.42 Å². The molecule has 0 spiro atoms. The van der Waals surface area contributed by atoms with Gasteiger partial charge in [0.05, 0.1) is 31.8 Å². The largest absolute Gasteiger partial charge is 0.296 e. The van der Waals surface area contributed by atoms with E-state index in [2.05, 4.69) is 30.1 Å². The van der Waals surface area contributed by atoms with Crippen LogP contribution in [0.5, 0.6) is 0 Å². The molecule has 0 aromatic heterocycles. The molecule has 0 radical (unpaired) electrons. The molecule has 2 aromatic rings. The van der Waals surface area contributed by atoms with Crippen molar-refractivity contribution >= 4 is 37.4 Å². The number of benzene rings is 3. The molecule has 1 heterocycles. The molecule has 4 rings (SSSR count). The normalized spacial score (nSPS) is 12.7. The molecular weight excluding hydrogens is 392 g/mol. The zero-order chi connectivity index (χ0) is 19.7. The van der Waals surface area contributed by atoms with Crippen LogP contribution in [-0.4, -0.2) is 18.0 Å². The van der Waals surface area contributed by atoms with Crippen LogP contribution in [0.1, 0.15) is 18.9 Å². The third-order valence-electron chi connectivity index (χ3n) is 4.36. The number of aryl methyl sites for hydroxylation is 1. The van der Waals surface area contributed by atoms with Gasteiger partial charge in [0.1, 0.15) is 4.90 Å². The van der Waals surface area contributed by atoms with Crippen LogP contribution in [0.2, 0.25) is 0 Å². The van der Waals surface area contributed by atoms with Crippen molar-refractivity contribution in [1.29, 1.82) is 0 Å². The molecule has 2 aromatic carbocycles. The summed E-state index contributed by atoms with van der Waals surface area (Å²) in [5.74, 6) is 0. The minimum Gasteiger partial charge on any atom is -0.282 e. The molecule has 1 aliphatic carbocycles. The van der Waals surface area contributed by atoms with E-state index >= 15 is 0 Å². The fourth-order valence-corrected chi connectivity index (χ4v) is 4.69. The molecule has 0 unspecified atom stereocenters. The zero-order valence-electron chi connectivity index (χ0n) is 15.2. The van der Waals surface area contributed by atoms with Gasteiger partial charge in [0.15, 0.2) is 0 Å². The molecule has 0 saturated heterocycles. The Bertz CT molecular complexity index is 1310. The first-order chi connectivity index (χ1) is 13.4. The summed E-state index contributed by atoms with van der Waals surface area (Å²) in [6, 6.07) is 18.0. The lowest BCUT2D eigenvalue weighted by Gasteiger charge is -2.08. The Morgan fingerprint density at radius 3 is 2.68 bits per heavy atom. The van der Waals surface area contributed by atoms with Crippen molar-refractivity contribution < 1.29 is 13.0 Å². The number of aromatic nitrogens is 1. The number of rotatable bonds is 4. The summed E-state index contributed by atoms with van der Waals surface area (Å²) in [5, 5.41) is 0.601. The molecule has 142 valence electrons. The van der Waals surface area contributed by atoms with Gasteiger partial charge in [-0.05, 0) is 54.4 Å². The molecular formula is C21H18N2O3S2. The van der Waals surface area contributed by atoms with Gasteiger partial charge in [0.2, 0.25) is 0 Å². The Balaban J connectivity index is 1.85. The third-order valence-corrected chi connectivity index (χ3v) is 6.37. The second-order valence-electron chi connectivity index (χ2n) is 6.47. The highest BCUT2D eigenvalue weighted by Crippen LogP contribution is 2.30. The Kier molecular flexibility index (Phi) is 4.97. The lowest BCUT2D eigenvalue weighted by molar-refractivity contribution is 0.483.